The molecule has 0 aliphatic rings. The summed E-state index contributed by atoms with van der Waals surface area (Å²) >= 11 is 3.29. The van der Waals surface area contributed by atoms with E-state index >= 15 is 0 Å². The minimum atomic E-state index is -3.51. The van der Waals surface area contributed by atoms with E-state index < -0.39 is 10.0 Å². The van der Waals surface area contributed by atoms with Crippen LogP contribution >= 0.6 is 15.9 Å². The van der Waals surface area contributed by atoms with E-state index in [0.717, 1.165) is 15.7 Å². The standard InChI is InChI=1S/C16H15BrN4O2S/c17-14-1-3-15(4-2-14)24(22,23)19-10-12-21-11-7-16(20-21)13-5-8-18-9-6-13/h1-9,11,19H,10,12H2. The van der Waals surface area contributed by atoms with Gasteiger partial charge < -0.3 is 0 Å². The molecule has 0 aliphatic heterocycles. The molecule has 0 spiro atoms. The lowest BCUT2D eigenvalue weighted by Crippen LogP contribution is -2.27. The molecular formula is C16H15BrN4O2S. The highest BCUT2D eigenvalue weighted by molar-refractivity contribution is 9.10. The van der Waals surface area contributed by atoms with Gasteiger partial charge in [0.1, 0.15) is 0 Å². The SMILES string of the molecule is O=S(=O)(NCCn1ccc(-c2ccncc2)n1)c1ccc(Br)cc1. The smallest absolute Gasteiger partial charge is 0.240 e. The molecule has 0 radical (unpaired) electrons. The molecule has 24 heavy (non-hydrogen) atoms. The zero-order chi connectivity index (χ0) is 17.0. The second-order valence-corrected chi connectivity index (χ2v) is 7.73. The molecule has 124 valence electrons. The topological polar surface area (TPSA) is 76.9 Å². The third-order valence-electron chi connectivity index (χ3n) is 3.37. The summed E-state index contributed by atoms with van der Waals surface area (Å²) < 4.78 is 29.5. The third-order valence-corrected chi connectivity index (χ3v) is 5.38. The van der Waals surface area contributed by atoms with E-state index in [4.69, 9.17) is 0 Å². The molecule has 3 rings (SSSR count). The minimum absolute atomic E-state index is 0.239. The first-order valence-corrected chi connectivity index (χ1v) is 9.51. The van der Waals surface area contributed by atoms with Gasteiger partial charge in [-0.1, -0.05) is 15.9 Å². The second kappa shape index (κ2) is 7.25. The molecule has 0 fully saturated rings. The predicted octanol–water partition coefficient (Wildman–Crippen LogP) is 2.69. The largest absolute Gasteiger partial charge is 0.271 e. The number of pyridine rings is 1. The summed E-state index contributed by atoms with van der Waals surface area (Å²) in [7, 11) is -3.51. The van der Waals surface area contributed by atoms with E-state index in [1.54, 1.807) is 41.3 Å². The molecule has 0 aliphatic carbocycles. The van der Waals surface area contributed by atoms with Crippen LogP contribution in [0.1, 0.15) is 0 Å². The number of halogens is 1. The van der Waals surface area contributed by atoms with Crippen molar-refractivity contribution in [1.82, 2.24) is 19.5 Å². The van der Waals surface area contributed by atoms with Crippen molar-refractivity contribution in [1.29, 1.82) is 0 Å². The summed E-state index contributed by atoms with van der Waals surface area (Å²) in [6, 6.07) is 12.2. The second-order valence-electron chi connectivity index (χ2n) is 5.05. The van der Waals surface area contributed by atoms with Crippen molar-refractivity contribution in [3.05, 3.63) is 65.5 Å². The van der Waals surface area contributed by atoms with E-state index in [0.29, 0.717) is 6.54 Å². The molecule has 0 bridgehead atoms. The molecule has 1 aromatic carbocycles. The summed E-state index contributed by atoms with van der Waals surface area (Å²) in [5.41, 5.74) is 1.80. The number of rotatable bonds is 6. The fourth-order valence-electron chi connectivity index (χ4n) is 2.15. The van der Waals surface area contributed by atoms with Crippen molar-refractivity contribution in [3.8, 4) is 11.3 Å². The van der Waals surface area contributed by atoms with Gasteiger partial charge in [-0.05, 0) is 42.5 Å². The minimum Gasteiger partial charge on any atom is -0.271 e. The van der Waals surface area contributed by atoms with Gasteiger partial charge in [0.2, 0.25) is 10.0 Å². The van der Waals surface area contributed by atoms with Crippen molar-refractivity contribution >= 4 is 26.0 Å². The van der Waals surface area contributed by atoms with Crippen LogP contribution in [-0.4, -0.2) is 29.7 Å². The number of nitrogens with zero attached hydrogens (tertiary/aromatic N) is 3. The lowest BCUT2D eigenvalue weighted by molar-refractivity contribution is 0.561. The van der Waals surface area contributed by atoms with E-state index in [-0.39, 0.29) is 11.4 Å². The molecule has 0 atom stereocenters. The third kappa shape index (κ3) is 4.08. The van der Waals surface area contributed by atoms with Gasteiger partial charge in [-0.2, -0.15) is 5.10 Å². The number of hydrogen-bond acceptors (Lipinski definition) is 4. The van der Waals surface area contributed by atoms with Crippen molar-refractivity contribution in [3.63, 3.8) is 0 Å². The van der Waals surface area contributed by atoms with Gasteiger partial charge in [-0.15, -0.1) is 0 Å². The van der Waals surface area contributed by atoms with Gasteiger partial charge in [0, 0.05) is 35.2 Å². The molecule has 2 heterocycles. The molecule has 0 amide bonds. The number of aromatic nitrogens is 3. The van der Waals surface area contributed by atoms with E-state index in [2.05, 4.69) is 30.7 Å². The number of benzene rings is 1. The summed E-state index contributed by atoms with van der Waals surface area (Å²) in [5.74, 6) is 0. The van der Waals surface area contributed by atoms with Gasteiger partial charge in [0.15, 0.2) is 0 Å². The molecule has 3 aromatic rings. The lowest BCUT2D eigenvalue weighted by atomic mass is 10.2. The number of nitrogens with one attached hydrogen (secondary N) is 1. The van der Waals surface area contributed by atoms with Gasteiger partial charge in [-0.25, -0.2) is 13.1 Å². The quantitative estimate of drug-likeness (QED) is 0.682. The Hall–Kier alpha value is -2.03. The van der Waals surface area contributed by atoms with Gasteiger partial charge >= 0.3 is 0 Å². The Labute approximate surface area is 148 Å². The molecule has 1 N–H and O–H groups in total. The zero-order valence-corrected chi connectivity index (χ0v) is 15.0. The fourth-order valence-corrected chi connectivity index (χ4v) is 3.44. The van der Waals surface area contributed by atoms with E-state index in [9.17, 15) is 8.42 Å². The van der Waals surface area contributed by atoms with Crippen LogP contribution < -0.4 is 4.72 Å². The highest BCUT2D eigenvalue weighted by Crippen LogP contribution is 2.15. The maximum absolute atomic E-state index is 12.2. The number of hydrogen-bond donors (Lipinski definition) is 1. The zero-order valence-electron chi connectivity index (χ0n) is 12.6. The first kappa shape index (κ1) is 16.8. The molecule has 2 aromatic heterocycles. The van der Waals surface area contributed by atoms with Crippen LogP contribution in [0.15, 0.2) is 70.4 Å². The first-order chi connectivity index (χ1) is 11.5. The summed E-state index contributed by atoms with van der Waals surface area (Å²) in [5, 5.41) is 4.43. The highest BCUT2D eigenvalue weighted by Gasteiger charge is 2.13. The average molecular weight is 407 g/mol. The summed E-state index contributed by atoms with van der Waals surface area (Å²) in [6.45, 7) is 0.705. The van der Waals surface area contributed by atoms with Gasteiger partial charge in [0.05, 0.1) is 17.1 Å². The van der Waals surface area contributed by atoms with Gasteiger partial charge in [-0.3, -0.25) is 9.67 Å². The van der Waals surface area contributed by atoms with Crippen molar-refractivity contribution < 1.29 is 8.42 Å². The van der Waals surface area contributed by atoms with Crippen molar-refractivity contribution in [2.24, 2.45) is 0 Å². The van der Waals surface area contributed by atoms with Gasteiger partial charge in [0.25, 0.3) is 0 Å². The predicted molar refractivity (Wildman–Crippen MR) is 94.8 cm³/mol. The van der Waals surface area contributed by atoms with E-state index in [1.807, 2.05) is 24.4 Å². The summed E-state index contributed by atoms with van der Waals surface area (Å²) in [6.07, 6.45) is 5.24. The monoisotopic (exact) mass is 406 g/mol. The fraction of sp³-hybridized carbons (Fsp3) is 0.125. The maximum atomic E-state index is 12.2. The Morgan fingerprint density at radius 2 is 1.75 bits per heavy atom. The lowest BCUT2D eigenvalue weighted by Gasteiger charge is -2.07. The van der Waals surface area contributed by atoms with Crippen LogP contribution in [0.2, 0.25) is 0 Å². The van der Waals surface area contributed by atoms with Crippen LogP contribution in [0.25, 0.3) is 11.3 Å². The molecule has 8 heteroatoms. The van der Waals surface area contributed by atoms with Crippen LogP contribution in [0.5, 0.6) is 0 Å². The Morgan fingerprint density at radius 1 is 1.04 bits per heavy atom. The Kier molecular flexibility index (Phi) is 5.08. The van der Waals surface area contributed by atoms with Crippen molar-refractivity contribution in [2.75, 3.05) is 6.54 Å². The first-order valence-electron chi connectivity index (χ1n) is 7.24. The normalized spacial score (nSPS) is 11.5. The van der Waals surface area contributed by atoms with Crippen molar-refractivity contribution in [2.45, 2.75) is 11.4 Å². The molecular weight excluding hydrogens is 392 g/mol. The van der Waals surface area contributed by atoms with Crippen LogP contribution in [0.3, 0.4) is 0 Å². The summed E-state index contributed by atoms with van der Waals surface area (Å²) in [4.78, 5) is 4.21. The Balaban J connectivity index is 1.60. The van der Waals surface area contributed by atoms with Crippen LogP contribution in [-0.2, 0) is 16.6 Å². The molecule has 6 nitrogen and oxygen atoms in total. The molecule has 0 unspecified atom stereocenters. The van der Waals surface area contributed by atoms with Crippen LogP contribution in [0, 0.1) is 0 Å². The van der Waals surface area contributed by atoms with Crippen LogP contribution in [0.4, 0.5) is 0 Å². The molecule has 0 saturated carbocycles. The average Bonchev–Trinajstić information content (AvgIpc) is 3.05. The Bertz CT molecular complexity index is 909. The maximum Gasteiger partial charge on any atom is 0.240 e. The van der Waals surface area contributed by atoms with E-state index in [1.165, 1.54) is 0 Å². The number of sulfonamides is 1. The highest BCUT2D eigenvalue weighted by atomic mass is 79.9. The molecule has 0 saturated heterocycles. The Morgan fingerprint density at radius 3 is 2.46 bits per heavy atom.